The number of likely N-dealkylation sites (tertiary alicyclic amines) is 1. The second-order valence-corrected chi connectivity index (χ2v) is 5.01. The van der Waals surface area contributed by atoms with Crippen molar-refractivity contribution >= 4 is 11.6 Å². The van der Waals surface area contributed by atoms with Crippen LogP contribution in [0.5, 0.6) is 0 Å². The normalized spacial score (nSPS) is 15.5. The summed E-state index contributed by atoms with van der Waals surface area (Å²) in [4.78, 5) is 14.1. The number of hydrogen-bond donors (Lipinski definition) is 2. The zero-order chi connectivity index (χ0) is 14.5. The molecule has 0 aromatic heterocycles. The van der Waals surface area contributed by atoms with Crippen molar-refractivity contribution in [1.29, 1.82) is 0 Å². The molecule has 4 nitrogen and oxygen atoms in total. The summed E-state index contributed by atoms with van der Waals surface area (Å²) in [7, 11) is 0. The molecule has 6 heteroatoms. The summed E-state index contributed by atoms with van der Waals surface area (Å²) < 4.78 is 26.5. The van der Waals surface area contributed by atoms with Gasteiger partial charge >= 0.3 is 0 Å². The predicted molar refractivity (Wildman–Crippen MR) is 73.4 cm³/mol. The maximum Gasteiger partial charge on any atom is 0.251 e. The van der Waals surface area contributed by atoms with Gasteiger partial charge in [-0.15, -0.1) is 0 Å². The summed E-state index contributed by atoms with van der Waals surface area (Å²) in [6, 6.07) is 1.91. The lowest BCUT2D eigenvalue weighted by molar-refractivity contribution is 0.0951. The van der Waals surface area contributed by atoms with Gasteiger partial charge in [-0.3, -0.25) is 4.79 Å². The highest BCUT2D eigenvalue weighted by atomic mass is 19.1. The molecule has 110 valence electrons. The van der Waals surface area contributed by atoms with E-state index >= 15 is 0 Å². The monoisotopic (exact) mass is 283 g/mol. The maximum absolute atomic E-state index is 13.2. The molecule has 3 N–H and O–H groups in total. The van der Waals surface area contributed by atoms with Gasteiger partial charge in [0.15, 0.2) is 0 Å². The van der Waals surface area contributed by atoms with Gasteiger partial charge in [-0.1, -0.05) is 0 Å². The lowest BCUT2D eigenvalue weighted by Gasteiger charge is -2.14. The quantitative estimate of drug-likeness (QED) is 0.639. The van der Waals surface area contributed by atoms with E-state index in [1.165, 1.54) is 12.8 Å². The molecule has 0 atom stereocenters. The molecule has 1 aromatic carbocycles. The summed E-state index contributed by atoms with van der Waals surface area (Å²) >= 11 is 0. The number of rotatable bonds is 5. The molecule has 0 saturated carbocycles. The van der Waals surface area contributed by atoms with E-state index in [1.54, 1.807) is 0 Å². The molecule has 2 rings (SSSR count). The molecule has 0 bridgehead atoms. The van der Waals surface area contributed by atoms with Crippen LogP contribution in [0.3, 0.4) is 0 Å². The number of carbonyl (C=O) groups is 1. The molecule has 20 heavy (non-hydrogen) atoms. The first-order chi connectivity index (χ1) is 9.58. The zero-order valence-corrected chi connectivity index (χ0v) is 11.3. The highest BCUT2D eigenvalue weighted by molar-refractivity contribution is 5.94. The van der Waals surface area contributed by atoms with E-state index in [4.69, 9.17) is 5.73 Å². The van der Waals surface area contributed by atoms with Crippen molar-refractivity contribution in [3.05, 3.63) is 29.3 Å². The number of halogens is 2. The Labute approximate surface area is 116 Å². The minimum atomic E-state index is -0.910. The maximum atomic E-state index is 13.2. The first-order valence-corrected chi connectivity index (χ1v) is 6.83. The number of amides is 1. The Morgan fingerprint density at radius 3 is 2.45 bits per heavy atom. The first kappa shape index (κ1) is 14.7. The van der Waals surface area contributed by atoms with E-state index in [2.05, 4.69) is 10.2 Å². The summed E-state index contributed by atoms with van der Waals surface area (Å²) in [5.74, 6) is -2.30. The highest BCUT2D eigenvalue weighted by Crippen LogP contribution is 2.17. The number of nitrogen functional groups attached to an aromatic ring is 1. The molecule has 0 radical (unpaired) electrons. The molecule has 1 aliphatic rings. The number of hydrogen-bond acceptors (Lipinski definition) is 3. The van der Waals surface area contributed by atoms with Crippen molar-refractivity contribution in [3.63, 3.8) is 0 Å². The zero-order valence-electron chi connectivity index (χ0n) is 11.3. The Kier molecular flexibility index (Phi) is 4.89. The van der Waals surface area contributed by atoms with Gasteiger partial charge < -0.3 is 16.0 Å². The third-order valence-corrected chi connectivity index (χ3v) is 3.48. The number of nitrogens with one attached hydrogen (secondary N) is 1. The van der Waals surface area contributed by atoms with Crippen LogP contribution in [0, 0.1) is 11.6 Å². The highest BCUT2D eigenvalue weighted by Gasteiger charge is 2.13. The van der Waals surface area contributed by atoms with Crippen LogP contribution in [0.15, 0.2) is 12.1 Å². The van der Waals surface area contributed by atoms with Crippen molar-refractivity contribution in [1.82, 2.24) is 10.2 Å². The number of nitrogens with two attached hydrogens (primary N) is 1. The fourth-order valence-electron chi connectivity index (χ4n) is 2.33. The SMILES string of the molecule is Nc1c(F)cc(C(=O)NCCCN2CCCC2)cc1F. The van der Waals surface area contributed by atoms with Crippen molar-refractivity contribution in [2.75, 3.05) is 31.9 Å². The largest absolute Gasteiger partial charge is 0.394 e. The smallest absolute Gasteiger partial charge is 0.251 e. The predicted octanol–water partition coefficient (Wildman–Crippen LogP) is 1.76. The topological polar surface area (TPSA) is 58.4 Å². The van der Waals surface area contributed by atoms with Crippen LogP contribution >= 0.6 is 0 Å². The fraction of sp³-hybridized carbons (Fsp3) is 0.500. The second kappa shape index (κ2) is 6.65. The molecule has 1 aliphatic heterocycles. The molecule has 0 aliphatic carbocycles. The Balaban J connectivity index is 1.79. The number of carbonyl (C=O) groups excluding carboxylic acids is 1. The van der Waals surface area contributed by atoms with Gasteiger partial charge in [0.05, 0.1) is 0 Å². The van der Waals surface area contributed by atoms with Gasteiger partial charge in [0.2, 0.25) is 0 Å². The van der Waals surface area contributed by atoms with E-state index in [1.807, 2.05) is 0 Å². The number of benzene rings is 1. The average Bonchev–Trinajstić information content (AvgIpc) is 2.93. The first-order valence-electron chi connectivity index (χ1n) is 6.83. The third kappa shape index (κ3) is 3.66. The van der Waals surface area contributed by atoms with Gasteiger partial charge in [0.1, 0.15) is 17.3 Å². The Morgan fingerprint density at radius 2 is 1.85 bits per heavy atom. The van der Waals surface area contributed by atoms with Gasteiger partial charge in [-0.25, -0.2) is 8.78 Å². The van der Waals surface area contributed by atoms with Crippen molar-refractivity contribution < 1.29 is 13.6 Å². The van der Waals surface area contributed by atoms with Gasteiger partial charge in [-0.05, 0) is 51.0 Å². The van der Waals surface area contributed by atoms with Crippen LogP contribution in [-0.2, 0) is 0 Å². The molecule has 0 spiro atoms. The van der Waals surface area contributed by atoms with Gasteiger partial charge in [0.25, 0.3) is 5.91 Å². The lowest BCUT2D eigenvalue weighted by atomic mass is 10.1. The molecule has 1 saturated heterocycles. The van der Waals surface area contributed by atoms with Crippen LogP contribution in [0.2, 0.25) is 0 Å². The Morgan fingerprint density at radius 1 is 1.25 bits per heavy atom. The number of nitrogens with zero attached hydrogens (tertiary/aromatic N) is 1. The van der Waals surface area contributed by atoms with E-state index in [0.29, 0.717) is 6.54 Å². The summed E-state index contributed by atoms with van der Waals surface area (Å²) in [6.45, 7) is 3.65. The van der Waals surface area contributed by atoms with Crippen LogP contribution in [0.1, 0.15) is 29.6 Å². The van der Waals surface area contributed by atoms with Crippen molar-refractivity contribution in [3.8, 4) is 0 Å². The molecular formula is C14H19F2N3O. The summed E-state index contributed by atoms with van der Waals surface area (Å²) in [5.41, 5.74) is 4.55. The van der Waals surface area contributed by atoms with E-state index in [-0.39, 0.29) is 5.56 Å². The van der Waals surface area contributed by atoms with Crippen LogP contribution in [0.25, 0.3) is 0 Å². The molecule has 1 fully saturated rings. The minimum absolute atomic E-state index is 0.0460. The fourth-order valence-corrected chi connectivity index (χ4v) is 2.33. The standard InChI is InChI=1S/C14H19F2N3O/c15-11-8-10(9-12(16)13(11)17)14(20)18-4-3-7-19-5-1-2-6-19/h8-9H,1-7,17H2,(H,18,20). The second-order valence-electron chi connectivity index (χ2n) is 5.01. The molecule has 1 aromatic rings. The molecule has 1 amide bonds. The Bertz CT molecular complexity index is 464. The van der Waals surface area contributed by atoms with E-state index in [0.717, 1.165) is 38.2 Å². The average molecular weight is 283 g/mol. The van der Waals surface area contributed by atoms with Crippen LogP contribution in [-0.4, -0.2) is 37.0 Å². The van der Waals surface area contributed by atoms with Crippen LogP contribution < -0.4 is 11.1 Å². The Hall–Kier alpha value is -1.69. The lowest BCUT2D eigenvalue weighted by Crippen LogP contribution is -2.28. The van der Waals surface area contributed by atoms with Gasteiger partial charge in [-0.2, -0.15) is 0 Å². The summed E-state index contributed by atoms with van der Waals surface area (Å²) in [5, 5.41) is 2.66. The summed E-state index contributed by atoms with van der Waals surface area (Å²) in [6.07, 6.45) is 3.29. The molecule has 1 heterocycles. The number of anilines is 1. The minimum Gasteiger partial charge on any atom is -0.394 e. The van der Waals surface area contributed by atoms with E-state index < -0.39 is 23.2 Å². The van der Waals surface area contributed by atoms with Gasteiger partial charge in [0, 0.05) is 12.1 Å². The van der Waals surface area contributed by atoms with Crippen molar-refractivity contribution in [2.45, 2.75) is 19.3 Å². The van der Waals surface area contributed by atoms with E-state index in [9.17, 15) is 13.6 Å². The third-order valence-electron chi connectivity index (χ3n) is 3.48. The molecule has 0 unspecified atom stereocenters. The molecular weight excluding hydrogens is 264 g/mol. The van der Waals surface area contributed by atoms with Crippen LogP contribution in [0.4, 0.5) is 14.5 Å². The van der Waals surface area contributed by atoms with Crippen molar-refractivity contribution in [2.24, 2.45) is 0 Å².